The molecule has 0 atom stereocenters. The van der Waals surface area contributed by atoms with Gasteiger partial charge in [0.2, 0.25) is 12.2 Å². The van der Waals surface area contributed by atoms with Gasteiger partial charge >= 0.3 is 0 Å². The molecule has 2 rings (SSSR count). The Kier molecular flexibility index (Phi) is 2.05. The highest BCUT2D eigenvalue weighted by Gasteiger charge is 2.14. The van der Waals surface area contributed by atoms with Crippen LogP contribution in [-0.2, 0) is 0 Å². The molecule has 1 heterocycles. The standard InChI is InChI=1S/C8H5N3O4/c12-7-2-1-5(11(13)14)3-6(7)8-9-4-15-10-8/h1-4,12H. The molecular weight excluding hydrogens is 202 g/mol. The van der Waals surface area contributed by atoms with Crippen molar-refractivity contribution in [3.63, 3.8) is 0 Å². The van der Waals surface area contributed by atoms with E-state index in [1.54, 1.807) is 0 Å². The molecule has 1 aromatic heterocycles. The lowest BCUT2D eigenvalue weighted by molar-refractivity contribution is -0.384. The Morgan fingerprint density at radius 1 is 1.47 bits per heavy atom. The highest BCUT2D eigenvalue weighted by molar-refractivity contribution is 5.66. The van der Waals surface area contributed by atoms with E-state index in [1.165, 1.54) is 18.2 Å². The maximum absolute atomic E-state index is 10.5. The van der Waals surface area contributed by atoms with Gasteiger partial charge in [0, 0.05) is 12.1 Å². The second-order valence-electron chi connectivity index (χ2n) is 2.71. The summed E-state index contributed by atoms with van der Waals surface area (Å²) in [5.74, 6) is -0.0294. The Bertz CT molecular complexity index is 495. The number of nitro groups is 1. The number of rotatable bonds is 2. The number of phenols is 1. The first-order valence-corrected chi connectivity index (χ1v) is 3.92. The van der Waals surface area contributed by atoms with Gasteiger partial charge in [0.05, 0.1) is 10.5 Å². The molecule has 0 fully saturated rings. The highest BCUT2D eigenvalue weighted by atomic mass is 16.6. The number of hydrogen-bond acceptors (Lipinski definition) is 6. The largest absolute Gasteiger partial charge is 0.507 e. The Morgan fingerprint density at radius 2 is 2.27 bits per heavy atom. The summed E-state index contributed by atoms with van der Waals surface area (Å²) in [5.41, 5.74) is 0.0190. The third-order valence-electron chi connectivity index (χ3n) is 1.79. The van der Waals surface area contributed by atoms with Gasteiger partial charge in [-0.1, -0.05) is 5.16 Å². The number of aromatic nitrogens is 2. The Hall–Kier alpha value is -2.44. The average molecular weight is 207 g/mol. The van der Waals surface area contributed by atoms with Crippen LogP contribution in [0.2, 0.25) is 0 Å². The summed E-state index contributed by atoms with van der Waals surface area (Å²) >= 11 is 0. The van der Waals surface area contributed by atoms with Crippen LogP contribution in [0, 0.1) is 10.1 Å². The van der Waals surface area contributed by atoms with Gasteiger partial charge in [-0.3, -0.25) is 10.1 Å². The number of phenolic OH excluding ortho intramolecular Hbond substituents is 1. The Balaban J connectivity index is 2.55. The zero-order valence-electron chi connectivity index (χ0n) is 7.32. The number of hydrogen-bond donors (Lipinski definition) is 1. The maximum atomic E-state index is 10.5. The van der Waals surface area contributed by atoms with E-state index in [4.69, 9.17) is 0 Å². The highest BCUT2D eigenvalue weighted by Crippen LogP contribution is 2.29. The van der Waals surface area contributed by atoms with Crippen molar-refractivity contribution in [2.75, 3.05) is 0 Å². The molecular formula is C8H5N3O4. The molecule has 7 nitrogen and oxygen atoms in total. The van der Waals surface area contributed by atoms with E-state index in [0.717, 1.165) is 6.39 Å². The minimum atomic E-state index is -0.566. The molecule has 1 aromatic carbocycles. The van der Waals surface area contributed by atoms with Crippen molar-refractivity contribution in [2.45, 2.75) is 0 Å². The first-order valence-electron chi connectivity index (χ1n) is 3.92. The van der Waals surface area contributed by atoms with Crippen LogP contribution in [0.4, 0.5) is 5.69 Å². The molecule has 15 heavy (non-hydrogen) atoms. The van der Waals surface area contributed by atoms with E-state index in [9.17, 15) is 15.2 Å². The molecule has 0 amide bonds. The SMILES string of the molecule is O=[N+]([O-])c1ccc(O)c(-c2ncon2)c1. The summed E-state index contributed by atoms with van der Waals surface area (Å²) in [6.45, 7) is 0. The monoisotopic (exact) mass is 207 g/mol. The number of benzene rings is 1. The van der Waals surface area contributed by atoms with Crippen LogP contribution in [0.5, 0.6) is 5.75 Å². The molecule has 1 N–H and O–H groups in total. The third kappa shape index (κ3) is 1.62. The summed E-state index contributed by atoms with van der Waals surface area (Å²) in [4.78, 5) is 13.6. The molecule has 0 saturated carbocycles. The van der Waals surface area contributed by atoms with Gasteiger partial charge in [0.15, 0.2) is 0 Å². The second-order valence-corrected chi connectivity index (χ2v) is 2.71. The quantitative estimate of drug-likeness (QED) is 0.588. The smallest absolute Gasteiger partial charge is 0.270 e. The van der Waals surface area contributed by atoms with Crippen LogP contribution in [0.15, 0.2) is 29.1 Å². The van der Waals surface area contributed by atoms with Gasteiger partial charge in [0.25, 0.3) is 5.69 Å². The van der Waals surface area contributed by atoms with E-state index in [1.807, 2.05) is 0 Å². The third-order valence-corrected chi connectivity index (χ3v) is 1.79. The number of nitro benzene ring substituents is 1. The second kappa shape index (κ2) is 3.37. The van der Waals surface area contributed by atoms with Gasteiger partial charge in [-0.05, 0) is 6.07 Å². The van der Waals surface area contributed by atoms with Gasteiger partial charge in [-0.2, -0.15) is 4.98 Å². The molecule has 0 spiro atoms. The molecule has 0 unspecified atom stereocenters. The summed E-state index contributed by atoms with van der Waals surface area (Å²) in [6, 6.07) is 3.59. The molecule has 0 aliphatic carbocycles. The zero-order chi connectivity index (χ0) is 10.8. The van der Waals surface area contributed by atoms with Crippen LogP contribution < -0.4 is 0 Å². The predicted molar refractivity (Wildman–Crippen MR) is 48.1 cm³/mol. The molecule has 0 aliphatic heterocycles. The average Bonchev–Trinajstić information content (AvgIpc) is 2.71. The minimum Gasteiger partial charge on any atom is -0.507 e. The predicted octanol–water partition coefficient (Wildman–Crippen LogP) is 1.35. The molecule has 0 bridgehead atoms. The van der Waals surface area contributed by atoms with Crippen LogP contribution in [0.25, 0.3) is 11.4 Å². The van der Waals surface area contributed by atoms with E-state index in [2.05, 4.69) is 14.7 Å². The fourth-order valence-electron chi connectivity index (χ4n) is 1.11. The first kappa shape index (κ1) is 9.13. The lowest BCUT2D eigenvalue weighted by atomic mass is 10.1. The van der Waals surface area contributed by atoms with Gasteiger partial charge < -0.3 is 9.63 Å². The maximum Gasteiger partial charge on any atom is 0.270 e. The molecule has 0 saturated heterocycles. The molecule has 76 valence electrons. The van der Waals surface area contributed by atoms with E-state index < -0.39 is 4.92 Å². The summed E-state index contributed by atoms with van der Waals surface area (Å²) in [7, 11) is 0. The summed E-state index contributed by atoms with van der Waals surface area (Å²) in [6.07, 6.45) is 1.08. The molecule has 2 aromatic rings. The van der Waals surface area contributed by atoms with Gasteiger partial charge in [-0.15, -0.1) is 0 Å². The van der Waals surface area contributed by atoms with Gasteiger partial charge in [0.1, 0.15) is 5.75 Å². The zero-order valence-corrected chi connectivity index (χ0v) is 7.32. The van der Waals surface area contributed by atoms with Crippen LogP contribution in [-0.4, -0.2) is 20.2 Å². The number of aromatic hydroxyl groups is 1. The summed E-state index contributed by atoms with van der Waals surface area (Å²) in [5, 5.41) is 23.4. The van der Waals surface area contributed by atoms with Crippen LogP contribution in [0.3, 0.4) is 0 Å². The van der Waals surface area contributed by atoms with Crippen molar-refractivity contribution in [3.05, 3.63) is 34.7 Å². The van der Waals surface area contributed by atoms with Crippen molar-refractivity contribution in [1.29, 1.82) is 0 Å². The fraction of sp³-hybridized carbons (Fsp3) is 0. The van der Waals surface area contributed by atoms with Crippen molar-refractivity contribution >= 4 is 5.69 Å². The van der Waals surface area contributed by atoms with E-state index in [-0.39, 0.29) is 22.8 Å². The van der Waals surface area contributed by atoms with Crippen molar-refractivity contribution < 1.29 is 14.6 Å². The summed E-state index contributed by atoms with van der Waals surface area (Å²) < 4.78 is 4.48. The van der Waals surface area contributed by atoms with E-state index in [0.29, 0.717) is 0 Å². The van der Waals surface area contributed by atoms with Crippen molar-refractivity contribution in [3.8, 4) is 17.1 Å². The normalized spacial score (nSPS) is 10.1. The van der Waals surface area contributed by atoms with Crippen LogP contribution in [0.1, 0.15) is 0 Å². The van der Waals surface area contributed by atoms with E-state index >= 15 is 0 Å². The fourth-order valence-corrected chi connectivity index (χ4v) is 1.11. The Morgan fingerprint density at radius 3 is 2.87 bits per heavy atom. The topological polar surface area (TPSA) is 102 Å². The van der Waals surface area contributed by atoms with Crippen molar-refractivity contribution in [2.24, 2.45) is 0 Å². The molecule has 0 radical (unpaired) electrons. The van der Waals surface area contributed by atoms with Gasteiger partial charge in [-0.25, -0.2) is 0 Å². The Labute approximate surface area is 83.1 Å². The number of non-ortho nitro benzene ring substituents is 1. The van der Waals surface area contributed by atoms with Crippen LogP contribution >= 0.6 is 0 Å². The van der Waals surface area contributed by atoms with Crippen molar-refractivity contribution in [1.82, 2.24) is 10.1 Å². The number of nitrogens with zero attached hydrogens (tertiary/aromatic N) is 3. The lowest BCUT2D eigenvalue weighted by Gasteiger charge is -1.98. The lowest BCUT2D eigenvalue weighted by Crippen LogP contribution is -1.89. The first-order chi connectivity index (χ1) is 7.18. The molecule has 0 aliphatic rings. The molecule has 7 heteroatoms. The minimum absolute atomic E-state index is 0.108.